The number of aromatic nitrogens is 5. The molecule has 290 valence electrons. The Kier molecular flexibility index (Phi) is 7.94. The van der Waals surface area contributed by atoms with Gasteiger partial charge in [-0.2, -0.15) is 8.78 Å². The number of alkyl halides is 2. The Labute approximate surface area is 345 Å². The molecule has 0 saturated carbocycles. The predicted octanol–water partition coefficient (Wildman–Crippen LogP) is 13.9. The number of H-pyrrole nitrogens is 1. The van der Waals surface area contributed by atoms with Gasteiger partial charge >= 0.3 is 0 Å². The van der Waals surface area contributed by atoms with Crippen LogP contribution in [0.5, 0.6) is 0 Å². The van der Waals surface area contributed by atoms with Gasteiger partial charge in [0.15, 0.2) is 0 Å². The highest BCUT2D eigenvalue weighted by Crippen LogP contribution is 2.43. The SMILES string of the molecule is CC(C)(C)c1ccnc(-n2c3cc(-c4cccc5c4nc(-c4cccc6c4[nH]c4ccccc46)n5-c4ccccc4)ccc3c3ccc(C(F)(F)c4ccccc4)cc32)c1. The number of pyridine rings is 1. The Morgan fingerprint density at radius 2 is 1.20 bits per heavy atom. The van der Waals surface area contributed by atoms with Crippen LogP contribution in [0.25, 0.3) is 88.7 Å². The van der Waals surface area contributed by atoms with E-state index in [0.717, 1.165) is 77.5 Å². The lowest BCUT2D eigenvalue weighted by Crippen LogP contribution is -2.15. The molecule has 4 heterocycles. The molecule has 7 aromatic carbocycles. The van der Waals surface area contributed by atoms with Gasteiger partial charge in [-0.1, -0.05) is 136 Å². The average Bonchev–Trinajstić information content (AvgIpc) is 3.96. The van der Waals surface area contributed by atoms with Gasteiger partial charge in [-0.25, -0.2) is 9.97 Å². The van der Waals surface area contributed by atoms with Gasteiger partial charge in [-0.05, 0) is 71.1 Å². The minimum absolute atomic E-state index is 0.0506. The van der Waals surface area contributed by atoms with Gasteiger partial charge in [0.2, 0.25) is 0 Å². The van der Waals surface area contributed by atoms with Crippen LogP contribution in [-0.2, 0) is 11.3 Å². The fourth-order valence-corrected chi connectivity index (χ4v) is 8.86. The molecular weight excluding hydrogens is 745 g/mol. The maximum absolute atomic E-state index is 16.2. The van der Waals surface area contributed by atoms with Crippen LogP contribution < -0.4 is 0 Å². The minimum atomic E-state index is -3.20. The zero-order chi connectivity index (χ0) is 40.8. The van der Waals surface area contributed by atoms with Crippen molar-refractivity contribution in [3.63, 3.8) is 0 Å². The van der Waals surface area contributed by atoms with Crippen molar-refractivity contribution in [3.8, 4) is 34.0 Å². The van der Waals surface area contributed by atoms with E-state index >= 15 is 8.78 Å². The zero-order valence-corrected chi connectivity index (χ0v) is 33.3. The monoisotopic (exact) mass is 783 g/mol. The van der Waals surface area contributed by atoms with E-state index in [1.54, 1.807) is 30.3 Å². The van der Waals surface area contributed by atoms with Crippen LogP contribution in [0, 0.1) is 0 Å². The first-order chi connectivity index (χ1) is 29.1. The molecule has 0 unspecified atom stereocenters. The van der Waals surface area contributed by atoms with E-state index in [1.807, 2.05) is 29.0 Å². The summed E-state index contributed by atoms with van der Waals surface area (Å²) in [5, 5.41) is 4.12. The molecule has 0 radical (unpaired) electrons. The molecule has 5 nitrogen and oxygen atoms in total. The number of rotatable bonds is 6. The van der Waals surface area contributed by atoms with Crippen molar-refractivity contribution in [1.29, 1.82) is 0 Å². The van der Waals surface area contributed by atoms with Crippen LogP contribution in [0.3, 0.4) is 0 Å². The number of para-hydroxylation sites is 4. The quantitative estimate of drug-likeness (QED) is 0.183. The molecule has 0 aliphatic heterocycles. The molecule has 0 amide bonds. The number of halogens is 2. The lowest BCUT2D eigenvalue weighted by molar-refractivity contribution is 0.0429. The van der Waals surface area contributed by atoms with Crippen molar-refractivity contribution in [2.24, 2.45) is 0 Å². The summed E-state index contributed by atoms with van der Waals surface area (Å²) in [7, 11) is 0. The fourth-order valence-electron chi connectivity index (χ4n) is 8.86. The van der Waals surface area contributed by atoms with E-state index in [-0.39, 0.29) is 16.5 Å². The number of aromatic amines is 1. The summed E-state index contributed by atoms with van der Waals surface area (Å²) in [6, 6.07) is 54.9. The predicted molar refractivity (Wildman–Crippen MR) is 242 cm³/mol. The first kappa shape index (κ1) is 35.8. The van der Waals surface area contributed by atoms with Crippen molar-refractivity contribution < 1.29 is 8.78 Å². The molecule has 11 rings (SSSR count). The summed E-state index contributed by atoms with van der Waals surface area (Å²) in [4.78, 5) is 14.1. The molecule has 60 heavy (non-hydrogen) atoms. The van der Waals surface area contributed by atoms with E-state index in [2.05, 4.69) is 140 Å². The van der Waals surface area contributed by atoms with Gasteiger partial charge in [0.25, 0.3) is 5.92 Å². The highest BCUT2D eigenvalue weighted by molar-refractivity contribution is 6.13. The summed E-state index contributed by atoms with van der Waals surface area (Å²) < 4.78 is 36.8. The van der Waals surface area contributed by atoms with Crippen molar-refractivity contribution in [1.82, 2.24) is 24.1 Å². The molecule has 11 aromatic rings. The standard InChI is InChI=1S/C53H39F2N5/c1-52(2,3)35-28-29-56-48(32-35)60-46-30-33(24-26-40(46)41-27-25-36(31-47(41)60)53(54,55)34-14-6-4-7-15-34)38-19-13-23-45-50(38)58-51(59(45)37-16-8-5-9-17-37)43-21-12-20-42-39-18-10-11-22-44(39)57-49(42)43/h4-32,57H,1-3H3. The third-order valence-corrected chi connectivity index (χ3v) is 11.9. The van der Waals surface area contributed by atoms with Gasteiger partial charge in [0, 0.05) is 61.2 Å². The van der Waals surface area contributed by atoms with Crippen LogP contribution in [-0.4, -0.2) is 24.1 Å². The van der Waals surface area contributed by atoms with Crippen LogP contribution >= 0.6 is 0 Å². The third kappa shape index (κ3) is 5.57. The Hall–Kier alpha value is -7.38. The molecule has 0 saturated heterocycles. The molecule has 0 fully saturated rings. The maximum atomic E-state index is 16.2. The second kappa shape index (κ2) is 13.3. The molecule has 0 bridgehead atoms. The Morgan fingerprint density at radius 1 is 0.517 bits per heavy atom. The van der Waals surface area contributed by atoms with Crippen molar-refractivity contribution in [3.05, 3.63) is 193 Å². The molecule has 0 spiro atoms. The van der Waals surface area contributed by atoms with Crippen LogP contribution in [0.4, 0.5) is 8.78 Å². The second-order valence-corrected chi connectivity index (χ2v) is 16.6. The van der Waals surface area contributed by atoms with Crippen LogP contribution in [0.2, 0.25) is 0 Å². The fraction of sp³-hybridized carbons (Fsp3) is 0.0943. The molecular formula is C53H39F2N5. The molecule has 0 aliphatic carbocycles. The van der Waals surface area contributed by atoms with E-state index in [4.69, 9.17) is 9.97 Å². The van der Waals surface area contributed by atoms with Crippen LogP contribution in [0.15, 0.2) is 176 Å². The largest absolute Gasteiger partial charge is 0.354 e. The highest BCUT2D eigenvalue weighted by atomic mass is 19.3. The van der Waals surface area contributed by atoms with E-state index in [9.17, 15) is 0 Å². The van der Waals surface area contributed by atoms with Crippen LogP contribution in [0.1, 0.15) is 37.5 Å². The van der Waals surface area contributed by atoms with Gasteiger partial charge in [0.05, 0.1) is 27.6 Å². The highest BCUT2D eigenvalue weighted by Gasteiger charge is 2.34. The molecule has 7 heteroatoms. The van der Waals surface area contributed by atoms with E-state index < -0.39 is 5.92 Å². The van der Waals surface area contributed by atoms with Gasteiger partial charge in [-0.3, -0.25) is 9.13 Å². The number of hydrogen-bond donors (Lipinski definition) is 1. The van der Waals surface area contributed by atoms with E-state index in [1.165, 1.54) is 17.5 Å². The summed E-state index contributed by atoms with van der Waals surface area (Å²) in [6.07, 6.45) is 1.81. The summed E-state index contributed by atoms with van der Waals surface area (Å²) in [5.41, 5.74) is 10.2. The van der Waals surface area contributed by atoms with Crippen molar-refractivity contribution in [2.45, 2.75) is 32.1 Å². The molecule has 1 N–H and O–H groups in total. The maximum Gasteiger partial charge on any atom is 0.298 e. The first-order valence-electron chi connectivity index (χ1n) is 20.2. The smallest absolute Gasteiger partial charge is 0.298 e. The first-order valence-corrected chi connectivity index (χ1v) is 20.2. The topological polar surface area (TPSA) is 51.4 Å². The Bertz CT molecular complexity index is 3440. The number of fused-ring (bicyclic) bond motifs is 7. The average molecular weight is 784 g/mol. The van der Waals surface area contributed by atoms with Gasteiger partial charge in [-0.15, -0.1) is 0 Å². The number of imidazole rings is 1. The number of nitrogens with one attached hydrogen (secondary N) is 1. The number of benzene rings is 7. The normalized spacial score (nSPS) is 12.4. The minimum Gasteiger partial charge on any atom is -0.354 e. The summed E-state index contributed by atoms with van der Waals surface area (Å²) in [5.74, 6) is -1.71. The Balaban J connectivity index is 1.17. The van der Waals surface area contributed by atoms with Gasteiger partial charge < -0.3 is 4.98 Å². The summed E-state index contributed by atoms with van der Waals surface area (Å²) >= 11 is 0. The second-order valence-electron chi connectivity index (χ2n) is 16.6. The lowest BCUT2D eigenvalue weighted by atomic mass is 9.88. The molecule has 4 aromatic heterocycles. The van der Waals surface area contributed by atoms with Crippen molar-refractivity contribution in [2.75, 3.05) is 0 Å². The third-order valence-electron chi connectivity index (χ3n) is 11.9. The van der Waals surface area contributed by atoms with Gasteiger partial charge in [0.1, 0.15) is 11.6 Å². The number of nitrogens with zero attached hydrogens (tertiary/aromatic N) is 4. The van der Waals surface area contributed by atoms with Crippen molar-refractivity contribution >= 4 is 54.6 Å². The molecule has 0 aliphatic rings. The molecule has 0 atom stereocenters. The van der Waals surface area contributed by atoms with E-state index in [0.29, 0.717) is 11.3 Å². The number of hydrogen-bond acceptors (Lipinski definition) is 2. The zero-order valence-electron chi connectivity index (χ0n) is 33.3. The Morgan fingerprint density at radius 3 is 2.00 bits per heavy atom. The lowest BCUT2D eigenvalue weighted by Gasteiger charge is -2.20. The summed E-state index contributed by atoms with van der Waals surface area (Å²) in [6.45, 7) is 6.49.